The van der Waals surface area contributed by atoms with Crippen LogP contribution in [0.5, 0.6) is 0 Å². The first-order valence-corrected chi connectivity index (χ1v) is 9.63. The van der Waals surface area contributed by atoms with Crippen molar-refractivity contribution in [3.8, 4) is 22.4 Å². The molecule has 1 aromatic carbocycles. The Morgan fingerprint density at radius 1 is 1.00 bits per heavy atom. The van der Waals surface area contributed by atoms with E-state index in [-0.39, 0.29) is 12.6 Å². The van der Waals surface area contributed by atoms with Crippen molar-refractivity contribution in [2.24, 2.45) is 0 Å². The van der Waals surface area contributed by atoms with Crippen molar-refractivity contribution in [2.45, 2.75) is 18.9 Å². The van der Waals surface area contributed by atoms with E-state index >= 15 is 0 Å². The molecule has 9 heteroatoms. The maximum atomic E-state index is 9.82. The normalized spacial score (nSPS) is 14.4. The van der Waals surface area contributed by atoms with Crippen LogP contribution in [0.4, 0.5) is 5.82 Å². The predicted octanol–water partition coefficient (Wildman–Crippen LogP) is 2.45. The summed E-state index contributed by atoms with van der Waals surface area (Å²) < 4.78 is 2.15. The van der Waals surface area contributed by atoms with Crippen LogP contribution in [0.2, 0.25) is 0 Å². The average molecular weight is 406 g/mol. The molecule has 1 fully saturated rings. The number of aliphatic hydroxyl groups excluding tert-OH is 1. The van der Waals surface area contributed by atoms with Gasteiger partial charge in [0, 0.05) is 30.4 Å². The third-order valence-corrected chi connectivity index (χ3v) is 5.20. The van der Waals surface area contributed by atoms with Gasteiger partial charge in [0.1, 0.15) is 5.82 Å². The Morgan fingerprint density at radius 3 is 2.37 bits per heavy atom. The lowest BCUT2D eigenvalue weighted by atomic mass is 10.1. The molecule has 30 heavy (non-hydrogen) atoms. The number of anilines is 1. The van der Waals surface area contributed by atoms with Crippen LogP contribution in [0.1, 0.15) is 12.8 Å². The molecule has 1 aliphatic heterocycles. The average Bonchev–Trinajstić information content (AvgIpc) is 3.45. The zero-order valence-corrected chi connectivity index (χ0v) is 16.2. The van der Waals surface area contributed by atoms with E-state index in [0.29, 0.717) is 0 Å². The van der Waals surface area contributed by atoms with Crippen LogP contribution in [0, 0.1) is 0 Å². The molecule has 0 aliphatic carbocycles. The maximum absolute atomic E-state index is 9.82. The number of hydrogen-bond donors (Lipinski definition) is 3. The van der Waals surface area contributed by atoms with Crippen LogP contribution in [-0.2, 0) is 4.79 Å². The van der Waals surface area contributed by atoms with E-state index < -0.39 is 0 Å². The van der Waals surface area contributed by atoms with Crippen LogP contribution in [0.25, 0.3) is 28.0 Å². The number of imidazole rings is 1. The minimum Gasteiger partial charge on any atom is -0.483 e. The number of aromatic amines is 1. The number of nitrogens with one attached hydrogen (secondary N) is 1. The van der Waals surface area contributed by atoms with E-state index in [1.165, 1.54) is 0 Å². The zero-order chi connectivity index (χ0) is 20.9. The molecule has 0 amide bonds. The third-order valence-electron chi connectivity index (χ3n) is 5.20. The van der Waals surface area contributed by atoms with E-state index in [2.05, 4.69) is 53.7 Å². The minimum atomic E-state index is -0.250. The van der Waals surface area contributed by atoms with Gasteiger partial charge in [-0.1, -0.05) is 24.3 Å². The fourth-order valence-electron chi connectivity index (χ4n) is 3.69. The second-order valence-corrected chi connectivity index (χ2v) is 6.99. The van der Waals surface area contributed by atoms with Crippen molar-refractivity contribution in [3.63, 3.8) is 0 Å². The van der Waals surface area contributed by atoms with Gasteiger partial charge in [-0.05, 0) is 18.4 Å². The Hall–Kier alpha value is -3.72. The number of aromatic nitrogens is 5. The smallest absolute Gasteiger partial charge is 0.290 e. The first kappa shape index (κ1) is 19.6. The number of fused-ring (bicyclic) bond motifs is 1. The molecule has 4 heterocycles. The summed E-state index contributed by atoms with van der Waals surface area (Å²) in [5.74, 6) is 1.02. The fraction of sp³-hybridized carbons (Fsp3) is 0.238. The molecule has 0 bridgehead atoms. The molecule has 0 saturated carbocycles. The van der Waals surface area contributed by atoms with Gasteiger partial charge in [0.05, 0.1) is 36.6 Å². The molecule has 5 rings (SSSR count). The monoisotopic (exact) mass is 406 g/mol. The first-order valence-electron chi connectivity index (χ1n) is 9.63. The van der Waals surface area contributed by atoms with Crippen LogP contribution in [0.15, 0.2) is 55.2 Å². The van der Waals surface area contributed by atoms with Gasteiger partial charge in [0.15, 0.2) is 5.65 Å². The Labute approximate surface area is 172 Å². The second-order valence-electron chi connectivity index (χ2n) is 6.99. The molecule has 3 N–H and O–H groups in total. The van der Waals surface area contributed by atoms with Gasteiger partial charge >= 0.3 is 0 Å². The number of piperidine rings is 1. The summed E-state index contributed by atoms with van der Waals surface area (Å²) in [6.07, 6.45) is 10.6. The summed E-state index contributed by atoms with van der Waals surface area (Å²) in [4.78, 5) is 19.5. The molecule has 0 spiro atoms. The number of rotatable bonds is 3. The summed E-state index contributed by atoms with van der Waals surface area (Å²) in [5.41, 5.74) is 5.14. The highest BCUT2D eigenvalue weighted by Crippen LogP contribution is 2.29. The number of carboxylic acid groups (broad SMARTS) is 1. The number of H-pyrrole nitrogens is 1. The predicted molar refractivity (Wildman–Crippen MR) is 112 cm³/mol. The molecule has 9 nitrogen and oxygen atoms in total. The molecule has 0 atom stereocenters. The fourth-order valence-corrected chi connectivity index (χ4v) is 3.69. The van der Waals surface area contributed by atoms with Gasteiger partial charge in [-0.15, -0.1) is 0 Å². The summed E-state index contributed by atoms with van der Waals surface area (Å²) in [6, 6.07) is 8.40. The van der Waals surface area contributed by atoms with Gasteiger partial charge < -0.3 is 15.1 Å². The largest absolute Gasteiger partial charge is 0.483 e. The van der Waals surface area contributed by atoms with Crippen LogP contribution in [0.3, 0.4) is 0 Å². The molecule has 0 unspecified atom stereocenters. The highest BCUT2D eigenvalue weighted by molar-refractivity contribution is 5.71. The number of nitrogens with zero attached hydrogens (tertiary/aromatic N) is 5. The van der Waals surface area contributed by atoms with Gasteiger partial charge in [-0.2, -0.15) is 5.10 Å². The van der Waals surface area contributed by atoms with Crippen molar-refractivity contribution in [3.05, 3.63) is 55.2 Å². The quantitative estimate of drug-likeness (QED) is 0.447. The topological polar surface area (TPSA) is 120 Å². The van der Waals surface area contributed by atoms with Crippen LogP contribution in [-0.4, -0.2) is 60.4 Å². The van der Waals surface area contributed by atoms with Crippen molar-refractivity contribution < 1.29 is 15.0 Å². The Morgan fingerprint density at radius 2 is 1.70 bits per heavy atom. The van der Waals surface area contributed by atoms with E-state index in [4.69, 9.17) is 9.90 Å². The SMILES string of the molecule is O=CO.OC1CCN(c2cncc3ncc(-c4ccc(-c5cn[nH]c5)cc4)n23)CC1. The molecular formula is C21H22N6O3. The lowest BCUT2D eigenvalue weighted by Crippen LogP contribution is -2.36. The molecule has 0 radical (unpaired) electrons. The highest BCUT2D eigenvalue weighted by Gasteiger charge is 2.21. The summed E-state index contributed by atoms with van der Waals surface area (Å²) in [7, 11) is 0. The summed E-state index contributed by atoms with van der Waals surface area (Å²) in [5, 5.41) is 23.6. The van der Waals surface area contributed by atoms with Crippen molar-refractivity contribution in [2.75, 3.05) is 18.0 Å². The Balaban J connectivity index is 0.000000687. The molecule has 3 aromatic heterocycles. The standard InChI is InChI=1S/C20H20N6O.CH2O2/c27-17-5-7-25(8-6-17)20-13-21-12-19-22-11-18(26(19)20)15-3-1-14(2-4-15)16-9-23-24-10-16;2-1-3/h1-4,9-13,17,27H,5-8H2,(H,23,24);1H,(H,2,3). The van der Waals surface area contributed by atoms with E-state index in [1.54, 1.807) is 6.20 Å². The van der Waals surface area contributed by atoms with E-state index in [1.807, 2.05) is 24.8 Å². The van der Waals surface area contributed by atoms with Crippen molar-refractivity contribution in [1.29, 1.82) is 0 Å². The molecule has 154 valence electrons. The minimum absolute atomic E-state index is 0.203. The molecule has 4 aromatic rings. The molecule has 1 saturated heterocycles. The Kier molecular flexibility index (Phi) is 5.71. The van der Waals surface area contributed by atoms with Gasteiger partial charge in [-0.3, -0.25) is 19.3 Å². The summed E-state index contributed by atoms with van der Waals surface area (Å²) >= 11 is 0. The van der Waals surface area contributed by atoms with Crippen molar-refractivity contribution in [1.82, 2.24) is 24.6 Å². The molecule has 1 aliphatic rings. The lowest BCUT2D eigenvalue weighted by Gasteiger charge is -2.31. The lowest BCUT2D eigenvalue weighted by molar-refractivity contribution is -0.122. The third kappa shape index (κ3) is 3.87. The van der Waals surface area contributed by atoms with Crippen LogP contribution < -0.4 is 4.90 Å². The van der Waals surface area contributed by atoms with E-state index in [9.17, 15) is 5.11 Å². The highest BCUT2D eigenvalue weighted by atomic mass is 16.3. The maximum Gasteiger partial charge on any atom is 0.290 e. The number of benzene rings is 1. The number of aliphatic hydroxyl groups is 1. The van der Waals surface area contributed by atoms with E-state index in [0.717, 1.165) is 59.8 Å². The number of hydrogen-bond acceptors (Lipinski definition) is 6. The van der Waals surface area contributed by atoms with Crippen LogP contribution >= 0.6 is 0 Å². The van der Waals surface area contributed by atoms with Crippen molar-refractivity contribution >= 4 is 17.9 Å². The first-order chi connectivity index (χ1) is 14.7. The number of carbonyl (C=O) groups is 1. The Bertz CT molecular complexity index is 1100. The summed E-state index contributed by atoms with van der Waals surface area (Å²) in [6.45, 7) is 1.39. The second kappa shape index (κ2) is 8.75. The van der Waals surface area contributed by atoms with Gasteiger partial charge in [0.25, 0.3) is 6.47 Å². The zero-order valence-electron chi connectivity index (χ0n) is 16.2. The molecular weight excluding hydrogens is 384 g/mol. The van der Waals surface area contributed by atoms with Gasteiger partial charge in [0.2, 0.25) is 0 Å². The van der Waals surface area contributed by atoms with Gasteiger partial charge in [-0.25, -0.2) is 4.98 Å².